The minimum atomic E-state index is -0.511. The first-order valence-corrected chi connectivity index (χ1v) is 9.77. The number of amidine groups is 1. The van der Waals surface area contributed by atoms with Crippen LogP contribution in [0, 0.1) is 35.1 Å². The molecule has 0 heterocycles. The quantitative estimate of drug-likeness (QED) is 0.334. The smallest absolute Gasteiger partial charge is 0.226 e. The molecule has 0 aliphatic carbocycles. The molecule has 2 aromatic carbocycles. The summed E-state index contributed by atoms with van der Waals surface area (Å²) in [6.07, 6.45) is 2.10. The van der Waals surface area contributed by atoms with Gasteiger partial charge in [0.1, 0.15) is 12.0 Å². The van der Waals surface area contributed by atoms with Crippen LogP contribution in [0.15, 0.2) is 53.5 Å². The van der Waals surface area contributed by atoms with Crippen LogP contribution in [0.1, 0.15) is 43.0 Å². The molecule has 1 unspecified atom stereocenters. The van der Waals surface area contributed by atoms with Crippen LogP contribution in [0.5, 0.6) is 0 Å². The monoisotopic (exact) mass is 401 g/mol. The van der Waals surface area contributed by atoms with Crippen LogP contribution in [0.2, 0.25) is 0 Å². The Morgan fingerprint density at radius 2 is 1.73 bits per heavy atom. The van der Waals surface area contributed by atoms with Crippen LogP contribution >= 0.6 is 0 Å². The van der Waals surface area contributed by atoms with E-state index in [-0.39, 0.29) is 17.7 Å². The molecular weight excluding hydrogens is 374 g/mol. The van der Waals surface area contributed by atoms with Gasteiger partial charge < -0.3 is 5.32 Å². The number of carbonyl (C=O) groups is 1. The fourth-order valence-corrected chi connectivity index (χ4v) is 2.86. The zero-order valence-electron chi connectivity index (χ0n) is 17.9. The lowest BCUT2D eigenvalue weighted by Crippen LogP contribution is -2.44. The Morgan fingerprint density at radius 3 is 2.30 bits per heavy atom. The van der Waals surface area contributed by atoms with Gasteiger partial charge in [-0.2, -0.15) is 10.5 Å². The van der Waals surface area contributed by atoms with Crippen molar-refractivity contribution in [3.8, 4) is 12.3 Å². The highest BCUT2D eigenvalue weighted by atomic mass is 16.1. The first-order chi connectivity index (χ1) is 14.2. The van der Waals surface area contributed by atoms with E-state index in [1.54, 1.807) is 24.3 Å². The van der Waals surface area contributed by atoms with Crippen molar-refractivity contribution in [1.29, 1.82) is 10.5 Å². The van der Waals surface area contributed by atoms with Gasteiger partial charge in [0.25, 0.3) is 0 Å². The highest BCUT2D eigenvalue weighted by Crippen LogP contribution is 2.21. The van der Waals surface area contributed by atoms with Crippen molar-refractivity contribution >= 4 is 11.7 Å². The number of nitrogens with zero attached hydrogens (tertiary/aromatic N) is 3. The molecule has 2 aromatic rings. The Morgan fingerprint density at radius 1 is 1.07 bits per heavy atom. The van der Waals surface area contributed by atoms with Crippen molar-refractivity contribution in [3.63, 3.8) is 0 Å². The van der Waals surface area contributed by atoms with Gasteiger partial charge in [-0.15, -0.1) is 0 Å². The highest BCUT2D eigenvalue weighted by Gasteiger charge is 2.26. The molecule has 1 atom stereocenters. The first-order valence-electron chi connectivity index (χ1n) is 9.77. The molecule has 0 aromatic heterocycles. The van der Waals surface area contributed by atoms with Crippen LogP contribution in [0.25, 0.3) is 0 Å². The molecule has 0 spiro atoms. The lowest BCUT2D eigenvalue weighted by molar-refractivity contribution is -0.121. The van der Waals surface area contributed by atoms with E-state index < -0.39 is 6.17 Å². The fourth-order valence-electron chi connectivity index (χ4n) is 2.86. The second-order valence-corrected chi connectivity index (χ2v) is 8.24. The summed E-state index contributed by atoms with van der Waals surface area (Å²) in [6.45, 7) is 7.97. The van der Waals surface area contributed by atoms with Crippen LogP contribution in [0.4, 0.5) is 0 Å². The Hall–Kier alpha value is -3.64. The number of aliphatic imine (C=N–C) groups is 1. The summed E-state index contributed by atoms with van der Waals surface area (Å²) in [5, 5.41) is 23.7. The second-order valence-electron chi connectivity index (χ2n) is 8.24. The zero-order valence-corrected chi connectivity index (χ0v) is 17.9. The SMILES string of the molecule is Cc1ccccc1C/C(=N\C(NC(=O)Cc1ccc(C#N)cc1)C(C)(C)C)NC#N. The van der Waals surface area contributed by atoms with Gasteiger partial charge in [0.05, 0.1) is 18.1 Å². The van der Waals surface area contributed by atoms with E-state index in [4.69, 9.17) is 15.5 Å². The number of hydrogen-bond donors (Lipinski definition) is 2. The average molecular weight is 402 g/mol. The van der Waals surface area contributed by atoms with Crippen LogP contribution in [-0.4, -0.2) is 17.9 Å². The van der Waals surface area contributed by atoms with Gasteiger partial charge in [-0.1, -0.05) is 57.2 Å². The van der Waals surface area contributed by atoms with Crippen molar-refractivity contribution in [2.45, 2.75) is 46.7 Å². The number of hydrogen-bond acceptors (Lipinski definition) is 4. The normalized spacial score (nSPS) is 12.4. The second kappa shape index (κ2) is 10.2. The zero-order chi connectivity index (χ0) is 22.1. The third kappa shape index (κ3) is 6.76. The van der Waals surface area contributed by atoms with Crippen molar-refractivity contribution in [3.05, 3.63) is 70.8 Å². The van der Waals surface area contributed by atoms with Gasteiger partial charge in [0.15, 0.2) is 6.19 Å². The number of amides is 1. The molecule has 0 bridgehead atoms. The number of nitriles is 2. The molecule has 2 rings (SSSR count). The minimum absolute atomic E-state index is 0.171. The molecule has 0 radical (unpaired) electrons. The molecule has 6 heteroatoms. The van der Waals surface area contributed by atoms with Gasteiger partial charge in [0, 0.05) is 11.8 Å². The van der Waals surface area contributed by atoms with Gasteiger partial charge in [0.2, 0.25) is 5.91 Å². The van der Waals surface area contributed by atoms with E-state index in [1.807, 2.05) is 58.2 Å². The summed E-state index contributed by atoms with van der Waals surface area (Å²) < 4.78 is 0. The summed E-state index contributed by atoms with van der Waals surface area (Å²) in [5.74, 6) is 0.334. The van der Waals surface area contributed by atoms with E-state index in [1.165, 1.54) is 0 Å². The predicted molar refractivity (Wildman–Crippen MR) is 117 cm³/mol. The molecular formula is C24H27N5O. The molecule has 0 saturated carbocycles. The summed E-state index contributed by atoms with van der Waals surface area (Å²) in [6, 6.07) is 16.9. The van der Waals surface area contributed by atoms with E-state index in [2.05, 4.69) is 16.7 Å². The van der Waals surface area contributed by atoms with Crippen LogP contribution < -0.4 is 10.6 Å². The summed E-state index contributed by atoms with van der Waals surface area (Å²) >= 11 is 0. The maximum absolute atomic E-state index is 12.6. The lowest BCUT2D eigenvalue weighted by Gasteiger charge is -2.29. The number of rotatable bonds is 6. The van der Waals surface area contributed by atoms with Crippen molar-refractivity contribution in [2.75, 3.05) is 0 Å². The minimum Gasteiger partial charge on any atom is -0.334 e. The molecule has 1 amide bonds. The van der Waals surface area contributed by atoms with E-state index in [9.17, 15) is 4.79 Å². The summed E-state index contributed by atoms with van der Waals surface area (Å²) in [5.41, 5.74) is 3.20. The molecule has 6 nitrogen and oxygen atoms in total. The molecule has 2 N–H and O–H groups in total. The largest absolute Gasteiger partial charge is 0.334 e. The molecule has 30 heavy (non-hydrogen) atoms. The Kier molecular flexibility index (Phi) is 7.72. The number of benzene rings is 2. The van der Waals surface area contributed by atoms with E-state index >= 15 is 0 Å². The average Bonchev–Trinajstić information content (AvgIpc) is 2.69. The van der Waals surface area contributed by atoms with Crippen molar-refractivity contribution in [2.24, 2.45) is 10.4 Å². The van der Waals surface area contributed by atoms with Gasteiger partial charge in [-0.25, -0.2) is 4.99 Å². The molecule has 154 valence electrons. The summed E-state index contributed by atoms with van der Waals surface area (Å²) in [4.78, 5) is 17.3. The molecule has 0 aliphatic rings. The van der Waals surface area contributed by atoms with E-state index in [0.29, 0.717) is 17.8 Å². The number of carbonyl (C=O) groups excluding carboxylic acids is 1. The number of nitrogens with one attached hydrogen (secondary N) is 2. The topological polar surface area (TPSA) is 101 Å². The Bertz CT molecular complexity index is 988. The van der Waals surface area contributed by atoms with Crippen molar-refractivity contribution < 1.29 is 4.79 Å². The molecule has 0 aliphatic heterocycles. The highest BCUT2D eigenvalue weighted by molar-refractivity contribution is 5.86. The van der Waals surface area contributed by atoms with Gasteiger partial charge in [-0.3, -0.25) is 10.1 Å². The van der Waals surface area contributed by atoms with Crippen molar-refractivity contribution in [1.82, 2.24) is 10.6 Å². The van der Waals surface area contributed by atoms with Crippen LogP contribution in [-0.2, 0) is 17.6 Å². The molecule has 0 fully saturated rings. The third-order valence-electron chi connectivity index (χ3n) is 4.67. The van der Waals surface area contributed by atoms with Crippen LogP contribution in [0.3, 0.4) is 0 Å². The Balaban J connectivity index is 2.19. The van der Waals surface area contributed by atoms with Gasteiger partial charge >= 0.3 is 0 Å². The first kappa shape index (κ1) is 22.6. The standard InChI is InChI=1S/C24H27N5O/c1-17-7-5-6-8-20(17)14-21(27-16-26)28-23(24(2,3)4)29-22(30)13-18-9-11-19(15-25)12-10-18/h5-12,23H,13-14H2,1-4H3,(H,27,28)(H,29,30). The lowest BCUT2D eigenvalue weighted by atomic mass is 9.92. The fraction of sp³-hybridized carbons (Fsp3) is 0.333. The third-order valence-corrected chi connectivity index (χ3v) is 4.67. The maximum atomic E-state index is 12.6. The van der Waals surface area contributed by atoms with Gasteiger partial charge in [-0.05, 0) is 35.7 Å². The Labute approximate surface area is 178 Å². The predicted octanol–water partition coefficient (Wildman–Crippen LogP) is 3.61. The maximum Gasteiger partial charge on any atom is 0.226 e. The molecule has 0 saturated heterocycles. The summed E-state index contributed by atoms with van der Waals surface area (Å²) in [7, 11) is 0. The number of aryl methyl sites for hydroxylation is 1. The van der Waals surface area contributed by atoms with E-state index in [0.717, 1.165) is 16.7 Å².